The molecule has 6 heteroatoms. The van der Waals surface area contributed by atoms with E-state index in [-0.39, 0.29) is 5.91 Å². The van der Waals surface area contributed by atoms with Crippen LogP contribution in [0.5, 0.6) is 5.75 Å². The Morgan fingerprint density at radius 3 is 2.85 bits per heavy atom. The maximum absolute atomic E-state index is 12.6. The van der Waals surface area contributed by atoms with Crippen LogP contribution in [0.15, 0.2) is 28.8 Å². The summed E-state index contributed by atoms with van der Waals surface area (Å²) in [6.45, 7) is 6.55. The first-order valence-corrected chi connectivity index (χ1v) is 9.90. The second-order valence-electron chi connectivity index (χ2n) is 7.60. The topological polar surface area (TPSA) is 67.6 Å². The Morgan fingerprint density at radius 1 is 1.26 bits per heavy atom. The lowest BCUT2D eigenvalue weighted by Crippen LogP contribution is -2.44. The molecule has 4 rings (SSSR count). The van der Waals surface area contributed by atoms with E-state index in [4.69, 9.17) is 9.26 Å². The monoisotopic (exact) mass is 369 g/mol. The maximum Gasteiger partial charge on any atom is 0.273 e. The number of rotatable bonds is 5. The first-order valence-electron chi connectivity index (χ1n) is 9.90. The first kappa shape index (κ1) is 18.0. The fraction of sp³-hybridized carbons (Fsp3) is 0.524. The minimum atomic E-state index is -0.192. The van der Waals surface area contributed by atoms with E-state index in [0.29, 0.717) is 36.7 Å². The van der Waals surface area contributed by atoms with Crippen LogP contribution in [-0.4, -0.2) is 41.1 Å². The number of hydrogen-bond donors (Lipinski definition) is 1. The van der Waals surface area contributed by atoms with Gasteiger partial charge in [0.05, 0.1) is 11.1 Å². The number of carbonyl (C=O) groups excluding carboxylic acids is 1. The van der Waals surface area contributed by atoms with Crippen LogP contribution >= 0.6 is 0 Å². The number of para-hydroxylation sites is 1. The van der Waals surface area contributed by atoms with Crippen molar-refractivity contribution in [3.05, 3.63) is 35.5 Å². The molecular formula is C21H27N3O3. The van der Waals surface area contributed by atoms with E-state index in [1.54, 1.807) is 0 Å². The van der Waals surface area contributed by atoms with Crippen molar-refractivity contribution < 1.29 is 14.1 Å². The summed E-state index contributed by atoms with van der Waals surface area (Å²) in [5, 5.41) is 7.00. The highest BCUT2D eigenvalue weighted by molar-refractivity contribution is 5.95. The molecule has 0 radical (unpaired) electrons. The van der Waals surface area contributed by atoms with Crippen LogP contribution in [0.25, 0.3) is 11.3 Å². The Morgan fingerprint density at radius 2 is 2.04 bits per heavy atom. The van der Waals surface area contributed by atoms with Gasteiger partial charge >= 0.3 is 0 Å². The van der Waals surface area contributed by atoms with Gasteiger partial charge in [-0.3, -0.25) is 9.69 Å². The van der Waals surface area contributed by atoms with Crippen molar-refractivity contribution in [3.63, 3.8) is 0 Å². The molecule has 0 unspecified atom stereocenters. The summed E-state index contributed by atoms with van der Waals surface area (Å²) in [6.07, 6.45) is 4.78. The Labute approximate surface area is 159 Å². The highest BCUT2D eigenvalue weighted by Gasteiger charge is 2.28. The molecule has 144 valence electrons. The standard InChI is InChI=1S/C21H27N3O3/c1-14-7-5-8-15(2)24(14)12-6-11-22-21(25)19-17-13-26-18-10-4-3-9-16(18)20(17)27-23-19/h3-4,9-10,14-15H,5-8,11-13H2,1-2H3,(H,22,25)/t14-,15-/m1/s1. The summed E-state index contributed by atoms with van der Waals surface area (Å²) in [5.74, 6) is 1.21. The Bertz CT molecular complexity index is 807. The zero-order valence-corrected chi connectivity index (χ0v) is 16.0. The van der Waals surface area contributed by atoms with Gasteiger partial charge in [-0.15, -0.1) is 0 Å². The van der Waals surface area contributed by atoms with E-state index in [9.17, 15) is 4.79 Å². The first-order chi connectivity index (χ1) is 13.1. The third-order valence-corrected chi connectivity index (χ3v) is 5.76. The normalized spacial score (nSPS) is 21.9. The van der Waals surface area contributed by atoms with Crippen molar-refractivity contribution in [1.29, 1.82) is 0 Å². The zero-order chi connectivity index (χ0) is 18.8. The number of amides is 1. The predicted octanol–water partition coefficient (Wildman–Crippen LogP) is 3.62. The van der Waals surface area contributed by atoms with E-state index in [0.717, 1.165) is 29.8 Å². The van der Waals surface area contributed by atoms with Crippen LogP contribution in [0, 0.1) is 0 Å². The van der Waals surface area contributed by atoms with Gasteiger partial charge in [-0.25, -0.2) is 0 Å². The summed E-state index contributed by atoms with van der Waals surface area (Å²) in [5.41, 5.74) is 1.90. The molecule has 2 aliphatic rings. The van der Waals surface area contributed by atoms with E-state index in [2.05, 4.69) is 29.2 Å². The second-order valence-corrected chi connectivity index (χ2v) is 7.60. The van der Waals surface area contributed by atoms with Gasteiger partial charge in [0.25, 0.3) is 5.91 Å². The van der Waals surface area contributed by atoms with Gasteiger partial charge in [0.2, 0.25) is 0 Å². The highest BCUT2D eigenvalue weighted by Crippen LogP contribution is 2.38. The number of ether oxygens (including phenoxy) is 1. The van der Waals surface area contributed by atoms with Crippen LogP contribution in [0.4, 0.5) is 0 Å². The molecule has 2 aliphatic heterocycles. The van der Waals surface area contributed by atoms with Gasteiger partial charge in [-0.1, -0.05) is 23.7 Å². The van der Waals surface area contributed by atoms with Crippen molar-refractivity contribution in [2.75, 3.05) is 13.1 Å². The third kappa shape index (κ3) is 3.58. The van der Waals surface area contributed by atoms with Gasteiger partial charge in [-0.2, -0.15) is 0 Å². The number of hydrogen-bond acceptors (Lipinski definition) is 5. The van der Waals surface area contributed by atoms with Crippen LogP contribution in [0.1, 0.15) is 55.6 Å². The van der Waals surface area contributed by atoms with Crippen LogP contribution in [-0.2, 0) is 6.61 Å². The molecule has 1 aromatic carbocycles. The van der Waals surface area contributed by atoms with Gasteiger partial charge < -0.3 is 14.6 Å². The second kappa shape index (κ2) is 7.72. The summed E-state index contributed by atoms with van der Waals surface area (Å²) in [7, 11) is 0. The Balaban J connectivity index is 1.34. The highest BCUT2D eigenvalue weighted by atomic mass is 16.5. The number of nitrogens with one attached hydrogen (secondary N) is 1. The lowest BCUT2D eigenvalue weighted by molar-refractivity contribution is 0.0916. The summed E-state index contributed by atoms with van der Waals surface area (Å²) in [6, 6.07) is 8.90. The molecule has 3 heterocycles. The molecule has 0 bridgehead atoms. The minimum Gasteiger partial charge on any atom is -0.488 e. The van der Waals surface area contributed by atoms with Gasteiger partial charge in [0.1, 0.15) is 12.4 Å². The molecule has 1 N–H and O–H groups in total. The van der Waals surface area contributed by atoms with E-state index in [1.807, 2.05) is 24.3 Å². The van der Waals surface area contributed by atoms with Gasteiger partial charge in [0, 0.05) is 25.2 Å². The van der Waals surface area contributed by atoms with Crippen LogP contribution < -0.4 is 10.1 Å². The number of benzene rings is 1. The number of nitrogens with zero attached hydrogens (tertiary/aromatic N) is 2. The number of carbonyl (C=O) groups is 1. The quantitative estimate of drug-likeness (QED) is 0.816. The minimum absolute atomic E-state index is 0.192. The average molecular weight is 369 g/mol. The van der Waals surface area contributed by atoms with Crippen molar-refractivity contribution in [1.82, 2.24) is 15.4 Å². The SMILES string of the molecule is C[C@@H]1CCC[C@@H](C)N1CCCNC(=O)c1noc2c1COc1ccccc1-2. The van der Waals surface area contributed by atoms with Gasteiger partial charge in [0.15, 0.2) is 11.5 Å². The molecule has 1 amide bonds. The molecule has 0 aliphatic carbocycles. The number of likely N-dealkylation sites (tertiary alicyclic amines) is 1. The van der Waals surface area contributed by atoms with Crippen LogP contribution in [0.2, 0.25) is 0 Å². The lowest BCUT2D eigenvalue weighted by Gasteiger charge is -2.39. The number of aromatic nitrogens is 1. The molecule has 6 nitrogen and oxygen atoms in total. The van der Waals surface area contributed by atoms with Crippen LogP contribution in [0.3, 0.4) is 0 Å². The molecule has 1 fully saturated rings. The Kier molecular flexibility index (Phi) is 5.16. The van der Waals surface area contributed by atoms with Crippen molar-refractivity contribution >= 4 is 5.91 Å². The molecule has 2 atom stereocenters. The molecule has 2 aromatic rings. The summed E-state index contributed by atoms with van der Waals surface area (Å²) < 4.78 is 11.2. The average Bonchev–Trinajstić information content (AvgIpc) is 3.11. The largest absolute Gasteiger partial charge is 0.488 e. The summed E-state index contributed by atoms with van der Waals surface area (Å²) in [4.78, 5) is 15.1. The maximum atomic E-state index is 12.6. The molecule has 1 saturated heterocycles. The third-order valence-electron chi connectivity index (χ3n) is 5.76. The number of fused-ring (bicyclic) bond motifs is 3. The molecule has 27 heavy (non-hydrogen) atoms. The van der Waals surface area contributed by atoms with E-state index in [1.165, 1.54) is 19.3 Å². The predicted molar refractivity (Wildman–Crippen MR) is 103 cm³/mol. The van der Waals surface area contributed by atoms with E-state index >= 15 is 0 Å². The lowest BCUT2D eigenvalue weighted by atomic mass is 9.97. The van der Waals surface area contributed by atoms with Gasteiger partial charge in [-0.05, 0) is 45.2 Å². The number of piperidine rings is 1. The Hall–Kier alpha value is -2.34. The van der Waals surface area contributed by atoms with Crippen molar-refractivity contribution in [2.24, 2.45) is 0 Å². The smallest absolute Gasteiger partial charge is 0.273 e. The molecular weight excluding hydrogens is 342 g/mol. The summed E-state index contributed by atoms with van der Waals surface area (Å²) >= 11 is 0. The fourth-order valence-electron chi connectivity index (χ4n) is 4.23. The molecule has 1 aromatic heterocycles. The molecule has 0 saturated carbocycles. The fourth-order valence-corrected chi connectivity index (χ4v) is 4.23. The zero-order valence-electron chi connectivity index (χ0n) is 16.0. The molecule has 0 spiro atoms. The van der Waals surface area contributed by atoms with Crippen molar-refractivity contribution in [2.45, 2.75) is 58.2 Å². The van der Waals surface area contributed by atoms with E-state index < -0.39 is 0 Å². The van der Waals surface area contributed by atoms with Crippen molar-refractivity contribution in [3.8, 4) is 17.1 Å².